The zero-order valence-corrected chi connectivity index (χ0v) is 9.35. The fourth-order valence-corrected chi connectivity index (χ4v) is 1.52. The van der Waals surface area contributed by atoms with E-state index in [1.54, 1.807) is 12.1 Å². The molecule has 88 valence electrons. The van der Waals surface area contributed by atoms with Crippen molar-refractivity contribution in [1.82, 2.24) is 5.16 Å². The largest absolute Gasteiger partial charge is 0.376 e. The minimum absolute atomic E-state index is 0.0415. The summed E-state index contributed by atoms with van der Waals surface area (Å²) >= 11 is 5.90. The Morgan fingerprint density at radius 1 is 1.47 bits per heavy atom. The number of nitro groups is 1. The zero-order valence-electron chi connectivity index (χ0n) is 8.59. The highest BCUT2D eigenvalue weighted by molar-refractivity contribution is 6.33. The summed E-state index contributed by atoms with van der Waals surface area (Å²) in [6.45, 7) is 0.414. The van der Waals surface area contributed by atoms with Crippen LogP contribution < -0.4 is 5.32 Å². The Labute approximate surface area is 101 Å². The first-order valence-corrected chi connectivity index (χ1v) is 5.12. The lowest BCUT2D eigenvalue weighted by Gasteiger charge is -2.05. The molecule has 0 aliphatic rings. The topological polar surface area (TPSA) is 81.2 Å². The molecular weight excluding hydrogens is 246 g/mol. The summed E-state index contributed by atoms with van der Waals surface area (Å²) in [4.78, 5) is 10.0. The van der Waals surface area contributed by atoms with Gasteiger partial charge in [0.1, 0.15) is 0 Å². The molecule has 0 saturated heterocycles. The summed E-state index contributed by atoms with van der Waals surface area (Å²) < 4.78 is 4.89. The van der Waals surface area contributed by atoms with Crippen LogP contribution in [0.1, 0.15) is 5.76 Å². The molecule has 1 aromatic carbocycles. The van der Waals surface area contributed by atoms with E-state index in [9.17, 15) is 10.1 Å². The molecule has 0 aliphatic carbocycles. The second-order valence-electron chi connectivity index (χ2n) is 3.25. The normalized spacial score (nSPS) is 10.2. The molecule has 0 bridgehead atoms. The molecule has 7 heteroatoms. The summed E-state index contributed by atoms with van der Waals surface area (Å²) in [7, 11) is 0. The highest BCUT2D eigenvalue weighted by Crippen LogP contribution is 2.26. The quantitative estimate of drug-likeness (QED) is 0.669. The van der Waals surface area contributed by atoms with Crippen molar-refractivity contribution in [3.63, 3.8) is 0 Å². The molecule has 2 rings (SSSR count). The van der Waals surface area contributed by atoms with Crippen molar-refractivity contribution < 1.29 is 9.45 Å². The predicted octanol–water partition coefficient (Wildman–Crippen LogP) is 2.85. The number of non-ortho nitro benzene ring substituents is 1. The van der Waals surface area contributed by atoms with Gasteiger partial charge in [0.15, 0.2) is 5.76 Å². The molecule has 0 saturated carbocycles. The molecule has 1 N–H and O–H groups in total. The molecule has 0 fully saturated rings. The second kappa shape index (κ2) is 4.84. The third-order valence-corrected chi connectivity index (χ3v) is 2.42. The number of aromatic nitrogens is 1. The molecular formula is C10H8ClN3O3. The van der Waals surface area contributed by atoms with E-state index in [1.165, 1.54) is 18.3 Å². The Bertz CT molecular complexity index is 528. The van der Waals surface area contributed by atoms with Gasteiger partial charge in [-0.3, -0.25) is 10.1 Å². The number of rotatable bonds is 4. The maximum Gasteiger partial charge on any atom is 0.271 e. The van der Waals surface area contributed by atoms with Crippen LogP contribution in [0.5, 0.6) is 0 Å². The molecule has 0 unspecified atom stereocenters. The van der Waals surface area contributed by atoms with Crippen LogP contribution in [0, 0.1) is 10.1 Å². The van der Waals surface area contributed by atoms with E-state index in [-0.39, 0.29) is 5.69 Å². The molecule has 17 heavy (non-hydrogen) atoms. The first-order valence-electron chi connectivity index (χ1n) is 4.74. The zero-order chi connectivity index (χ0) is 12.3. The molecule has 1 heterocycles. The summed E-state index contributed by atoms with van der Waals surface area (Å²) in [6, 6.07) is 5.95. The van der Waals surface area contributed by atoms with Crippen molar-refractivity contribution in [2.75, 3.05) is 5.32 Å². The molecule has 0 amide bonds. The summed E-state index contributed by atoms with van der Waals surface area (Å²) in [5.74, 6) is 0.652. The maximum absolute atomic E-state index is 10.5. The van der Waals surface area contributed by atoms with Crippen LogP contribution in [0.15, 0.2) is 35.0 Å². The van der Waals surface area contributed by atoms with Crippen LogP contribution in [0.3, 0.4) is 0 Å². The van der Waals surface area contributed by atoms with Crippen molar-refractivity contribution >= 4 is 23.0 Å². The third-order valence-electron chi connectivity index (χ3n) is 2.11. The lowest BCUT2D eigenvalue weighted by atomic mass is 10.3. The lowest BCUT2D eigenvalue weighted by Crippen LogP contribution is -1.99. The molecule has 0 aliphatic heterocycles. The van der Waals surface area contributed by atoms with Gasteiger partial charge in [0.25, 0.3) is 5.69 Å². The smallest absolute Gasteiger partial charge is 0.271 e. The fourth-order valence-electron chi connectivity index (χ4n) is 1.28. The molecule has 0 radical (unpaired) electrons. The number of hydrogen-bond acceptors (Lipinski definition) is 5. The van der Waals surface area contributed by atoms with E-state index >= 15 is 0 Å². The van der Waals surface area contributed by atoms with Crippen molar-refractivity contribution in [3.05, 3.63) is 51.4 Å². The van der Waals surface area contributed by atoms with Crippen molar-refractivity contribution in [3.8, 4) is 0 Å². The van der Waals surface area contributed by atoms with Crippen molar-refractivity contribution in [2.45, 2.75) is 6.54 Å². The van der Waals surface area contributed by atoms with Gasteiger partial charge in [-0.15, -0.1) is 0 Å². The summed E-state index contributed by atoms with van der Waals surface area (Å²) in [6.07, 6.45) is 1.54. The SMILES string of the molecule is O=[N+]([O-])c1ccc(NCc2ccno2)c(Cl)c1. The van der Waals surface area contributed by atoms with Crippen LogP contribution in [0.25, 0.3) is 0 Å². The van der Waals surface area contributed by atoms with E-state index in [2.05, 4.69) is 10.5 Å². The molecule has 2 aromatic rings. The molecule has 0 spiro atoms. The first-order chi connectivity index (χ1) is 8.16. The van der Waals surface area contributed by atoms with Crippen LogP contribution >= 0.6 is 11.6 Å². The Kier molecular flexibility index (Phi) is 3.24. The lowest BCUT2D eigenvalue weighted by molar-refractivity contribution is -0.384. The first kappa shape index (κ1) is 11.4. The Balaban J connectivity index is 2.09. The summed E-state index contributed by atoms with van der Waals surface area (Å²) in [5, 5.41) is 17.4. The van der Waals surface area contributed by atoms with E-state index in [0.29, 0.717) is 23.0 Å². The number of hydrogen-bond donors (Lipinski definition) is 1. The van der Waals surface area contributed by atoms with Crippen LogP contribution in [-0.2, 0) is 6.54 Å². The van der Waals surface area contributed by atoms with Gasteiger partial charge in [0, 0.05) is 18.2 Å². The molecule has 6 nitrogen and oxygen atoms in total. The van der Waals surface area contributed by atoms with E-state index < -0.39 is 4.92 Å². The summed E-state index contributed by atoms with van der Waals surface area (Å²) in [5.41, 5.74) is 0.564. The standard InChI is InChI=1S/C10H8ClN3O3/c11-9-5-7(14(15)16)1-2-10(9)12-6-8-3-4-13-17-8/h1-5,12H,6H2. The Morgan fingerprint density at radius 3 is 2.88 bits per heavy atom. The minimum atomic E-state index is -0.494. The van der Waals surface area contributed by atoms with Gasteiger partial charge < -0.3 is 9.84 Å². The Hall–Kier alpha value is -2.08. The predicted molar refractivity (Wildman–Crippen MR) is 61.9 cm³/mol. The highest BCUT2D eigenvalue weighted by atomic mass is 35.5. The highest BCUT2D eigenvalue weighted by Gasteiger charge is 2.09. The number of nitro benzene ring substituents is 1. The monoisotopic (exact) mass is 253 g/mol. The Morgan fingerprint density at radius 2 is 2.29 bits per heavy atom. The van der Waals surface area contributed by atoms with E-state index in [1.807, 2.05) is 0 Å². The van der Waals surface area contributed by atoms with Crippen molar-refractivity contribution in [2.24, 2.45) is 0 Å². The van der Waals surface area contributed by atoms with E-state index in [4.69, 9.17) is 16.1 Å². The van der Waals surface area contributed by atoms with Gasteiger partial charge in [-0.2, -0.15) is 0 Å². The number of halogens is 1. The van der Waals surface area contributed by atoms with Gasteiger partial charge in [-0.1, -0.05) is 16.8 Å². The van der Waals surface area contributed by atoms with Crippen LogP contribution in [-0.4, -0.2) is 10.1 Å². The minimum Gasteiger partial charge on any atom is -0.376 e. The van der Waals surface area contributed by atoms with Gasteiger partial charge in [-0.25, -0.2) is 0 Å². The second-order valence-corrected chi connectivity index (χ2v) is 3.66. The molecule has 0 atom stereocenters. The van der Waals surface area contributed by atoms with Gasteiger partial charge >= 0.3 is 0 Å². The van der Waals surface area contributed by atoms with Crippen LogP contribution in [0.2, 0.25) is 5.02 Å². The maximum atomic E-state index is 10.5. The van der Waals surface area contributed by atoms with Gasteiger partial charge in [0.2, 0.25) is 0 Å². The van der Waals surface area contributed by atoms with Crippen LogP contribution in [0.4, 0.5) is 11.4 Å². The third kappa shape index (κ3) is 2.73. The average molecular weight is 254 g/mol. The van der Waals surface area contributed by atoms with E-state index in [0.717, 1.165) is 0 Å². The number of nitrogens with zero attached hydrogens (tertiary/aromatic N) is 2. The van der Waals surface area contributed by atoms with Gasteiger partial charge in [0.05, 0.1) is 28.4 Å². The van der Waals surface area contributed by atoms with Crippen molar-refractivity contribution in [1.29, 1.82) is 0 Å². The fraction of sp³-hybridized carbons (Fsp3) is 0.100. The van der Waals surface area contributed by atoms with Gasteiger partial charge in [-0.05, 0) is 6.07 Å². The average Bonchev–Trinajstić information content (AvgIpc) is 2.80. The molecule has 1 aromatic heterocycles. The number of benzene rings is 1. The number of anilines is 1. The number of nitrogens with one attached hydrogen (secondary N) is 1.